The van der Waals surface area contributed by atoms with Crippen molar-refractivity contribution in [1.29, 1.82) is 0 Å². The average Bonchev–Trinajstić information content (AvgIpc) is 2.80. The molecule has 0 bridgehead atoms. The molecule has 1 aliphatic heterocycles. The van der Waals surface area contributed by atoms with Crippen molar-refractivity contribution in [2.45, 2.75) is 19.4 Å². The minimum atomic E-state index is -0.553. The molecule has 1 N–H and O–H groups in total. The fourth-order valence-corrected chi connectivity index (χ4v) is 2.51. The molecule has 1 aromatic rings. The van der Waals surface area contributed by atoms with Crippen molar-refractivity contribution in [3.05, 3.63) is 22.4 Å². The summed E-state index contributed by atoms with van der Waals surface area (Å²) in [4.78, 5) is 36.9. The molecule has 2 rings (SSSR count). The zero-order chi connectivity index (χ0) is 12.4. The summed E-state index contributed by atoms with van der Waals surface area (Å²) in [6.45, 7) is 1.76. The van der Waals surface area contributed by atoms with E-state index in [2.05, 4.69) is 5.32 Å². The van der Waals surface area contributed by atoms with E-state index < -0.39 is 17.9 Å². The number of thiophene rings is 1. The van der Waals surface area contributed by atoms with Crippen LogP contribution in [0.5, 0.6) is 0 Å². The molecule has 0 aromatic carbocycles. The highest BCUT2D eigenvalue weighted by Crippen LogP contribution is 2.17. The topological polar surface area (TPSA) is 66.5 Å². The van der Waals surface area contributed by atoms with E-state index in [0.717, 1.165) is 0 Å². The zero-order valence-electron chi connectivity index (χ0n) is 9.30. The number of hydrogen-bond donors (Lipinski definition) is 1. The molecule has 0 saturated carbocycles. The van der Waals surface area contributed by atoms with Crippen molar-refractivity contribution in [3.8, 4) is 0 Å². The third-order valence-corrected chi connectivity index (χ3v) is 3.49. The summed E-state index contributed by atoms with van der Waals surface area (Å²) >= 11 is 1.31. The first-order chi connectivity index (χ1) is 8.13. The third kappa shape index (κ3) is 2.21. The van der Waals surface area contributed by atoms with Gasteiger partial charge in [-0.3, -0.25) is 19.7 Å². The van der Waals surface area contributed by atoms with E-state index >= 15 is 0 Å². The molecule has 1 aliphatic rings. The van der Waals surface area contributed by atoms with Crippen LogP contribution < -0.4 is 5.32 Å². The van der Waals surface area contributed by atoms with Gasteiger partial charge in [-0.05, 0) is 17.9 Å². The number of nitrogens with zero attached hydrogens (tertiary/aromatic N) is 1. The van der Waals surface area contributed by atoms with Crippen LogP contribution in [0.15, 0.2) is 17.5 Å². The van der Waals surface area contributed by atoms with Gasteiger partial charge in [0.05, 0.1) is 4.88 Å². The maximum Gasteiger partial charge on any atom is 0.265 e. The lowest BCUT2D eigenvalue weighted by Gasteiger charge is -2.33. The van der Waals surface area contributed by atoms with Gasteiger partial charge in [-0.25, -0.2) is 0 Å². The van der Waals surface area contributed by atoms with Gasteiger partial charge >= 0.3 is 0 Å². The molecule has 0 radical (unpaired) electrons. The van der Waals surface area contributed by atoms with Gasteiger partial charge in [-0.2, -0.15) is 0 Å². The second-order valence-corrected chi connectivity index (χ2v) is 4.69. The van der Waals surface area contributed by atoms with E-state index in [1.807, 2.05) is 6.92 Å². The normalized spacial score (nSPS) is 20.3. The molecule has 1 fully saturated rings. The first kappa shape index (κ1) is 11.8. The quantitative estimate of drug-likeness (QED) is 0.785. The monoisotopic (exact) mass is 252 g/mol. The van der Waals surface area contributed by atoms with Gasteiger partial charge in [0.25, 0.3) is 5.91 Å². The van der Waals surface area contributed by atoms with Gasteiger partial charge in [0.2, 0.25) is 11.8 Å². The minimum Gasteiger partial charge on any atom is -0.317 e. The van der Waals surface area contributed by atoms with Crippen molar-refractivity contribution in [2.75, 3.05) is 6.54 Å². The molecule has 6 heteroatoms. The summed E-state index contributed by atoms with van der Waals surface area (Å²) in [5, 5.41) is 4.03. The Morgan fingerprint density at radius 2 is 2.35 bits per heavy atom. The molecule has 0 spiro atoms. The summed E-state index contributed by atoms with van der Waals surface area (Å²) in [7, 11) is 0. The van der Waals surface area contributed by atoms with Gasteiger partial charge < -0.3 is 4.90 Å². The standard InChI is InChI=1S/C11H12N2O3S/c1-2-7-10(15)12-9(14)6-13(7)11(16)8-4-3-5-17-8/h3-5,7H,2,6H2,1H3,(H,12,14,15). The summed E-state index contributed by atoms with van der Waals surface area (Å²) < 4.78 is 0. The van der Waals surface area contributed by atoms with Crippen LogP contribution in [0.1, 0.15) is 23.0 Å². The number of carbonyl (C=O) groups excluding carboxylic acids is 3. The van der Waals surface area contributed by atoms with Gasteiger partial charge in [-0.1, -0.05) is 13.0 Å². The fourth-order valence-electron chi connectivity index (χ4n) is 1.83. The summed E-state index contributed by atoms with van der Waals surface area (Å²) in [5.41, 5.74) is 0. The third-order valence-electron chi connectivity index (χ3n) is 2.63. The van der Waals surface area contributed by atoms with E-state index in [1.54, 1.807) is 17.5 Å². The zero-order valence-corrected chi connectivity index (χ0v) is 10.1. The number of piperazine rings is 1. The van der Waals surface area contributed by atoms with Crippen LogP contribution in [0.25, 0.3) is 0 Å². The molecule has 90 valence electrons. The number of carbonyl (C=O) groups is 3. The maximum absolute atomic E-state index is 12.1. The highest BCUT2D eigenvalue weighted by molar-refractivity contribution is 7.12. The fraction of sp³-hybridized carbons (Fsp3) is 0.364. The number of nitrogens with one attached hydrogen (secondary N) is 1. The van der Waals surface area contributed by atoms with Crippen LogP contribution in [-0.4, -0.2) is 35.2 Å². The van der Waals surface area contributed by atoms with Crippen LogP contribution in [0.4, 0.5) is 0 Å². The smallest absolute Gasteiger partial charge is 0.265 e. The lowest BCUT2D eigenvalue weighted by atomic mass is 10.1. The van der Waals surface area contributed by atoms with Crippen molar-refractivity contribution in [3.63, 3.8) is 0 Å². The SMILES string of the molecule is CCC1C(=O)NC(=O)CN1C(=O)c1cccs1. The van der Waals surface area contributed by atoms with Crippen molar-refractivity contribution < 1.29 is 14.4 Å². The number of rotatable bonds is 2. The molecule has 5 nitrogen and oxygen atoms in total. The Balaban J connectivity index is 2.25. The Hall–Kier alpha value is -1.69. The van der Waals surface area contributed by atoms with Crippen LogP contribution in [0.2, 0.25) is 0 Å². The molecule has 1 saturated heterocycles. The molecule has 1 aromatic heterocycles. The first-order valence-corrected chi connectivity index (χ1v) is 6.19. The predicted octanol–water partition coefficient (Wildman–Crippen LogP) is 0.625. The predicted molar refractivity (Wildman–Crippen MR) is 62.6 cm³/mol. The molecule has 3 amide bonds. The second-order valence-electron chi connectivity index (χ2n) is 3.75. The molecule has 1 unspecified atom stereocenters. The molecule has 1 atom stereocenters. The van der Waals surface area contributed by atoms with E-state index in [4.69, 9.17) is 0 Å². The van der Waals surface area contributed by atoms with Gasteiger partial charge in [0, 0.05) is 0 Å². The van der Waals surface area contributed by atoms with E-state index in [9.17, 15) is 14.4 Å². The summed E-state index contributed by atoms with van der Waals surface area (Å²) in [6.07, 6.45) is 0.496. The number of amides is 3. The van der Waals surface area contributed by atoms with Crippen LogP contribution in [0.3, 0.4) is 0 Å². The Morgan fingerprint density at radius 3 is 2.94 bits per heavy atom. The molecular weight excluding hydrogens is 240 g/mol. The van der Waals surface area contributed by atoms with Crippen molar-refractivity contribution in [2.24, 2.45) is 0 Å². The van der Waals surface area contributed by atoms with Crippen LogP contribution in [0, 0.1) is 0 Å². The first-order valence-electron chi connectivity index (χ1n) is 5.31. The summed E-state index contributed by atoms with van der Waals surface area (Å²) in [6, 6.07) is 2.91. The highest BCUT2D eigenvalue weighted by Gasteiger charge is 2.36. The lowest BCUT2D eigenvalue weighted by Crippen LogP contribution is -2.59. The van der Waals surface area contributed by atoms with E-state index in [0.29, 0.717) is 11.3 Å². The Morgan fingerprint density at radius 1 is 1.59 bits per heavy atom. The van der Waals surface area contributed by atoms with E-state index in [1.165, 1.54) is 16.2 Å². The molecule has 2 heterocycles. The minimum absolute atomic E-state index is 0.0546. The maximum atomic E-state index is 12.1. The van der Waals surface area contributed by atoms with Gasteiger partial charge in [-0.15, -0.1) is 11.3 Å². The molecular formula is C11H12N2O3S. The van der Waals surface area contributed by atoms with E-state index in [-0.39, 0.29) is 12.5 Å². The Kier molecular flexibility index (Phi) is 3.23. The average molecular weight is 252 g/mol. The second kappa shape index (κ2) is 4.67. The van der Waals surface area contributed by atoms with Crippen LogP contribution >= 0.6 is 11.3 Å². The van der Waals surface area contributed by atoms with Crippen molar-refractivity contribution >= 4 is 29.1 Å². The molecule has 17 heavy (non-hydrogen) atoms. The summed E-state index contributed by atoms with van der Waals surface area (Å²) in [5.74, 6) is -1.08. The number of imide groups is 1. The Labute approximate surface area is 102 Å². The Bertz CT molecular complexity index is 455. The molecule has 0 aliphatic carbocycles. The van der Waals surface area contributed by atoms with Gasteiger partial charge in [0.15, 0.2) is 0 Å². The number of hydrogen-bond acceptors (Lipinski definition) is 4. The highest BCUT2D eigenvalue weighted by atomic mass is 32.1. The van der Waals surface area contributed by atoms with Crippen molar-refractivity contribution in [1.82, 2.24) is 10.2 Å². The van der Waals surface area contributed by atoms with Gasteiger partial charge in [0.1, 0.15) is 12.6 Å². The lowest BCUT2D eigenvalue weighted by molar-refractivity contribution is -0.138. The van der Waals surface area contributed by atoms with Crippen LogP contribution in [-0.2, 0) is 9.59 Å². The largest absolute Gasteiger partial charge is 0.317 e.